The number of hydrogen-bond donors (Lipinski definition) is 0. The number of nitrogens with zero attached hydrogens (tertiary/aromatic N) is 4. The lowest BCUT2D eigenvalue weighted by Gasteiger charge is -2.03. The van der Waals surface area contributed by atoms with E-state index < -0.39 is 0 Å². The van der Waals surface area contributed by atoms with Crippen LogP contribution in [0.4, 0.5) is 0 Å². The van der Waals surface area contributed by atoms with Crippen LogP contribution < -0.4 is 4.74 Å². The number of rotatable bonds is 5. The molecule has 0 N–H and O–H groups in total. The molecule has 5 nitrogen and oxygen atoms in total. The van der Waals surface area contributed by atoms with Crippen molar-refractivity contribution in [1.29, 1.82) is 0 Å². The fourth-order valence-electron chi connectivity index (χ4n) is 2.10. The summed E-state index contributed by atoms with van der Waals surface area (Å²) in [6.07, 6.45) is 7.56. The van der Waals surface area contributed by atoms with Gasteiger partial charge in [0.05, 0.1) is 25.5 Å². The number of thioether (sulfide) groups is 1. The van der Waals surface area contributed by atoms with Crippen LogP contribution in [0.5, 0.6) is 5.75 Å². The minimum absolute atomic E-state index is 0.713. The van der Waals surface area contributed by atoms with Crippen molar-refractivity contribution in [3.63, 3.8) is 0 Å². The Kier molecular flexibility index (Phi) is 4.39. The first-order chi connectivity index (χ1) is 10.8. The zero-order valence-corrected chi connectivity index (χ0v) is 13.2. The molecule has 2 heterocycles. The fraction of sp³-hybridized carbons (Fsp3) is 0.188. The second-order valence-electron chi connectivity index (χ2n) is 4.70. The summed E-state index contributed by atoms with van der Waals surface area (Å²) in [6.45, 7) is 0.713. The molecule has 0 fully saturated rings. The molecule has 22 heavy (non-hydrogen) atoms. The minimum Gasteiger partial charge on any atom is -0.497 e. The summed E-state index contributed by atoms with van der Waals surface area (Å²) in [4.78, 5) is 8.67. The van der Waals surface area contributed by atoms with Crippen LogP contribution in [0.15, 0.2) is 54.1 Å². The quantitative estimate of drug-likeness (QED) is 0.535. The Balaban J connectivity index is 1.77. The summed E-state index contributed by atoms with van der Waals surface area (Å²) >= 11 is 1.53. The molecule has 0 saturated carbocycles. The molecule has 0 amide bonds. The lowest BCUT2D eigenvalue weighted by Crippen LogP contribution is -1.99. The Bertz CT molecular complexity index is 755. The molecule has 6 heteroatoms. The van der Waals surface area contributed by atoms with Crippen molar-refractivity contribution >= 4 is 11.8 Å². The average molecular weight is 312 g/mol. The lowest BCUT2D eigenvalue weighted by molar-refractivity contribution is 0.414. The smallest absolute Gasteiger partial charge is 0.187 e. The molecule has 0 spiro atoms. The summed E-state index contributed by atoms with van der Waals surface area (Å²) in [6, 6.07) is 9.88. The minimum atomic E-state index is 0.713. The molecule has 0 unspecified atom stereocenters. The zero-order chi connectivity index (χ0) is 15.4. The van der Waals surface area contributed by atoms with Crippen LogP contribution in [-0.4, -0.2) is 33.1 Å². The monoisotopic (exact) mass is 312 g/mol. The highest BCUT2D eigenvalue weighted by Crippen LogP contribution is 2.19. The second-order valence-corrected chi connectivity index (χ2v) is 5.48. The van der Waals surface area contributed by atoms with E-state index in [0.717, 1.165) is 22.2 Å². The average Bonchev–Trinajstić information content (AvgIpc) is 3.04. The number of methoxy groups -OCH3 is 1. The molecule has 3 rings (SSSR count). The van der Waals surface area contributed by atoms with Gasteiger partial charge in [-0.3, -0.25) is 4.68 Å². The third-order valence-corrected chi connectivity index (χ3v) is 3.81. The highest BCUT2D eigenvalue weighted by Gasteiger charge is 2.05. The molecular weight excluding hydrogens is 296 g/mol. The van der Waals surface area contributed by atoms with E-state index in [-0.39, 0.29) is 0 Å². The molecule has 0 aliphatic carbocycles. The Morgan fingerprint density at radius 1 is 1.18 bits per heavy atom. The maximum absolute atomic E-state index is 5.16. The van der Waals surface area contributed by atoms with Crippen molar-refractivity contribution in [2.75, 3.05) is 13.4 Å². The normalized spacial score (nSPS) is 10.6. The van der Waals surface area contributed by atoms with E-state index in [0.29, 0.717) is 6.54 Å². The van der Waals surface area contributed by atoms with Crippen molar-refractivity contribution in [2.24, 2.45) is 0 Å². The molecule has 0 saturated heterocycles. The van der Waals surface area contributed by atoms with Gasteiger partial charge in [-0.2, -0.15) is 5.10 Å². The van der Waals surface area contributed by atoms with Gasteiger partial charge in [-0.05, 0) is 30.0 Å². The van der Waals surface area contributed by atoms with E-state index in [4.69, 9.17) is 4.74 Å². The van der Waals surface area contributed by atoms with Crippen LogP contribution in [0.1, 0.15) is 5.56 Å². The predicted molar refractivity (Wildman–Crippen MR) is 87.1 cm³/mol. The molecule has 0 aliphatic heterocycles. The van der Waals surface area contributed by atoms with E-state index in [1.165, 1.54) is 17.3 Å². The third-order valence-electron chi connectivity index (χ3n) is 3.25. The Morgan fingerprint density at radius 3 is 2.73 bits per heavy atom. The van der Waals surface area contributed by atoms with Crippen LogP contribution in [-0.2, 0) is 6.54 Å². The van der Waals surface area contributed by atoms with E-state index in [2.05, 4.69) is 15.1 Å². The van der Waals surface area contributed by atoms with Crippen molar-refractivity contribution in [3.8, 4) is 17.0 Å². The highest BCUT2D eigenvalue weighted by molar-refractivity contribution is 7.98. The SMILES string of the molecule is COc1ccc(Cn2cc(-c3ccnc(SC)n3)cn2)cc1. The Hall–Kier alpha value is -2.34. The van der Waals surface area contributed by atoms with Gasteiger partial charge in [0.2, 0.25) is 0 Å². The van der Waals surface area contributed by atoms with Crippen LogP contribution in [0, 0.1) is 0 Å². The topological polar surface area (TPSA) is 52.8 Å². The van der Waals surface area contributed by atoms with Crippen LogP contribution in [0.2, 0.25) is 0 Å². The molecule has 0 atom stereocenters. The second kappa shape index (κ2) is 6.62. The lowest BCUT2D eigenvalue weighted by atomic mass is 10.2. The maximum Gasteiger partial charge on any atom is 0.187 e. The van der Waals surface area contributed by atoms with Gasteiger partial charge in [0.1, 0.15) is 5.75 Å². The first kappa shape index (κ1) is 14.6. The van der Waals surface area contributed by atoms with Gasteiger partial charge < -0.3 is 4.74 Å². The summed E-state index contributed by atoms with van der Waals surface area (Å²) in [5.41, 5.74) is 3.05. The number of benzene rings is 1. The molecule has 0 aliphatic rings. The molecule has 3 aromatic rings. The van der Waals surface area contributed by atoms with Gasteiger partial charge in [-0.15, -0.1) is 0 Å². The number of aromatic nitrogens is 4. The third kappa shape index (κ3) is 3.28. The van der Waals surface area contributed by atoms with Crippen molar-refractivity contribution in [3.05, 3.63) is 54.5 Å². The summed E-state index contributed by atoms with van der Waals surface area (Å²) in [5, 5.41) is 5.17. The van der Waals surface area contributed by atoms with Gasteiger partial charge in [0.25, 0.3) is 0 Å². The van der Waals surface area contributed by atoms with E-state index in [1.807, 2.05) is 53.7 Å². The van der Waals surface area contributed by atoms with Crippen LogP contribution >= 0.6 is 11.8 Å². The highest BCUT2D eigenvalue weighted by atomic mass is 32.2. The molecule has 0 bridgehead atoms. The Morgan fingerprint density at radius 2 is 2.00 bits per heavy atom. The van der Waals surface area contributed by atoms with Gasteiger partial charge in [-0.25, -0.2) is 9.97 Å². The van der Waals surface area contributed by atoms with Crippen molar-refractivity contribution < 1.29 is 4.74 Å². The number of hydrogen-bond acceptors (Lipinski definition) is 5. The van der Waals surface area contributed by atoms with Crippen LogP contribution in [0.3, 0.4) is 0 Å². The van der Waals surface area contributed by atoms with E-state index in [9.17, 15) is 0 Å². The first-order valence-corrected chi connectivity index (χ1v) is 8.04. The maximum atomic E-state index is 5.16. The molecular formula is C16H16N4OS. The molecule has 112 valence electrons. The van der Waals surface area contributed by atoms with E-state index in [1.54, 1.807) is 13.3 Å². The summed E-state index contributed by atoms with van der Waals surface area (Å²) in [7, 11) is 1.67. The molecule has 2 aromatic heterocycles. The van der Waals surface area contributed by atoms with Gasteiger partial charge in [-0.1, -0.05) is 23.9 Å². The van der Waals surface area contributed by atoms with E-state index >= 15 is 0 Å². The predicted octanol–water partition coefficient (Wildman–Crippen LogP) is 3.12. The van der Waals surface area contributed by atoms with Gasteiger partial charge in [0.15, 0.2) is 5.16 Å². The largest absolute Gasteiger partial charge is 0.497 e. The standard InChI is InChI=1S/C16H16N4OS/c1-21-14-5-3-12(4-6-14)10-20-11-13(9-18-20)15-7-8-17-16(19-15)22-2/h3-9,11H,10H2,1-2H3. The molecule has 0 radical (unpaired) electrons. The Labute approximate surface area is 133 Å². The van der Waals surface area contributed by atoms with Crippen LogP contribution in [0.25, 0.3) is 11.3 Å². The summed E-state index contributed by atoms with van der Waals surface area (Å²) < 4.78 is 7.07. The summed E-state index contributed by atoms with van der Waals surface area (Å²) in [5.74, 6) is 0.857. The van der Waals surface area contributed by atoms with Crippen molar-refractivity contribution in [1.82, 2.24) is 19.7 Å². The fourth-order valence-corrected chi connectivity index (χ4v) is 2.46. The first-order valence-electron chi connectivity index (χ1n) is 6.81. The molecule has 1 aromatic carbocycles. The zero-order valence-electron chi connectivity index (χ0n) is 12.4. The number of ether oxygens (including phenoxy) is 1. The van der Waals surface area contributed by atoms with Gasteiger partial charge >= 0.3 is 0 Å². The van der Waals surface area contributed by atoms with Gasteiger partial charge in [0, 0.05) is 18.0 Å². The van der Waals surface area contributed by atoms with Crippen molar-refractivity contribution in [2.45, 2.75) is 11.7 Å².